The summed E-state index contributed by atoms with van der Waals surface area (Å²) in [4.78, 5) is 6.05. The SMILES string of the molecule is CC(C)(NS(=O)(=O)c1cnc[nH]1)C(N)=NO. The number of hydrogen-bond acceptors (Lipinski definition) is 5. The lowest BCUT2D eigenvalue weighted by atomic mass is 10.1. The Bertz CT molecular complexity index is 476. The second-order valence-corrected chi connectivity index (χ2v) is 5.28. The molecule has 1 aromatic rings. The van der Waals surface area contributed by atoms with Gasteiger partial charge in [0.25, 0.3) is 10.0 Å². The first-order valence-corrected chi connectivity index (χ1v) is 5.78. The summed E-state index contributed by atoms with van der Waals surface area (Å²) in [5.74, 6) is -0.240. The van der Waals surface area contributed by atoms with Gasteiger partial charge in [-0.25, -0.2) is 13.4 Å². The number of hydrogen-bond donors (Lipinski definition) is 4. The van der Waals surface area contributed by atoms with Crippen LogP contribution in [0.25, 0.3) is 0 Å². The molecule has 0 fully saturated rings. The molecule has 0 atom stereocenters. The van der Waals surface area contributed by atoms with E-state index in [0.717, 1.165) is 6.20 Å². The van der Waals surface area contributed by atoms with Gasteiger partial charge >= 0.3 is 0 Å². The molecule has 0 aliphatic heterocycles. The number of rotatable bonds is 4. The minimum Gasteiger partial charge on any atom is -0.409 e. The van der Waals surface area contributed by atoms with Crippen LogP contribution >= 0.6 is 0 Å². The Morgan fingerprint density at radius 2 is 2.31 bits per heavy atom. The normalized spacial score (nSPS) is 14.0. The maximum atomic E-state index is 11.8. The molecule has 8 nitrogen and oxygen atoms in total. The molecule has 0 saturated carbocycles. The average Bonchev–Trinajstić information content (AvgIpc) is 2.68. The highest BCUT2D eigenvalue weighted by Crippen LogP contribution is 2.10. The molecule has 9 heteroatoms. The molecule has 0 spiro atoms. The van der Waals surface area contributed by atoms with Crippen molar-refractivity contribution in [2.24, 2.45) is 10.9 Å². The fourth-order valence-electron chi connectivity index (χ4n) is 0.958. The highest BCUT2D eigenvalue weighted by Gasteiger charge is 2.30. The summed E-state index contributed by atoms with van der Waals surface area (Å²) < 4.78 is 25.8. The zero-order chi connectivity index (χ0) is 12.4. The predicted molar refractivity (Wildman–Crippen MR) is 56.4 cm³/mol. The second kappa shape index (κ2) is 4.10. The summed E-state index contributed by atoms with van der Waals surface area (Å²) in [5.41, 5.74) is 4.16. The van der Waals surface area contributed by atoms with Crippen molar-refractivity contribution in [3.63, 3.8) is 0 Å². The third kappa shape index (κ3) is 2.49. The molecule has 90 valence electrons. The van der Waals surface area contributed by atoms with E-state index in [0.29, 0.717) is 0 Å². The monoisotopic (exact) mass is 247 g/mol. The molecule has 0 unspecified atom stereocenters. The van der Waals surface area contributed by atoms with Gasteiger partial charge in [-0.2, -0.15) is 4.72 Å². The lowest BCUT2D eigenvalue weighted by Gasteiger charge is -2.23. The summed E-state index contributed by atoms with van der Waals surface area (Å²) in [6.07, 6.45) is 2.40. The lowest BCUT2D eigenvalue weighted by molar-refractivity contribution is 0.312. The van der Waals surface area contributed by atoms with Gasteiger partial charge in [-0.3, -0.25) is 0 Å². The van der Waals surface area contributed by atoms with Crippen molar-refractivity contribution >= 4 is 15.9 Å². The average molecular weight is 247 g/mol. The van der Waals surface area contributed by atoms with Crippen LogP contribution in [0.2, 0.25) is 0 Å². The van der Waals surface area contributed by atoms with E-state index in [9.17, 15) is 8.42 Å². The smallest absolute Gasteiger partial charge is 0.258 e. The minimum atomic E-state index is -3.77. The quantitative estimate of drug-likeness (QED) is 0.239. The van der Waals surface area contributed by atoms with Gasteiger partial charge in [0.05, 0.1) is 18.1 Å². The van der Waals surface area contributed by atoms with Crippen molar-refractivity contribution in [1.29, 1.82) is 0 Å². The summed E-state index contributed by atoms with van der Waals surface area (Å²) in [6, 6.07) is 0. The van der Waals surface area contributed by atoms with Crippen molar-refractivity contribution in [3.05, 3.63) is 12.5 Å². The Morgan fingerprint density at radius 1 is 1.69 bits per heavy atom. The first kappa shape index (κ1) is 12.5. The Hall–Kier alpha value is -1.61. The molecule has 0 aliphatic carbocycles. The summed E-state index contributed by atoms with van der Waals surface area (Å²) in [5, 5.41) is 11.2. The number of nitrogens with two attached hydrogens (primary N) is 1. The standard InChI is InChI=1S/C7H13N5O3S/c1-7(2,6(8)11-13)12-16(14,15)5-3-9-4-10-5/h3-4,12-13H,1-2H3,(H2,8,11)(H,9,10). The second-order valence-electron chi connectivity index (χ2n) is 3.63. The number of aromatic amines is 1. The van der Waals surface area contributed by atoms with Crippen LogP contribution < -0.4 is 10.5 Å². The Labute approximate surface area is 92.6 Å². The van der Waals surface area contributed by atoms with Crippen LogP contribution in [0.4, 0.5) is 0 Å². The van der Waals surface area contributed by atoms with Crippen LogP contribution in [-0.2, 0) is 10.0 Å². The number of imidazole rings is 1. The third-order valence-corrected chi connectivity index (χ3v) is 3.48. The Balaban J connectivity index is 2.99. The van der Waals surface area contributed by atoms with Crippen molar-refractivity contribution in [3.8, 4) is 0 Å². The number of oxime groups is 1. The largest absolute Gasteiger partial charge is 0.409 e. The molecule has 16 heavy (non-hydrogen) atoms. The summed E-state index contributed by atoms with van der Waals surface area (Å²) in [6.45, 7) is 2.94. The molecule has 0 radical (unpaired) electrons. The fraction of sp³-hybridized carbons (Fsp3) is 0.429. The molecule has 0 aromatic carbocycles. The van der Waals surface area contributed by atoms with Crippen molar-refractivity contribution in [1.82, 2.24) is 14.7 Å². The topological polar surface area (TPSA) is 133 Å². The lowest BCUT2D eigenvalue weighted by Crippen LogP contribution is -2.53. The number of amidine groups is 1. The van der Waals surface area contributed by atoms with Crippen LogP contribution in [-0.4, -0.2) is 35.0 Å². The van der Waals surface area contributed by atoms with E-state index >= 15 is 0 Å². The number of nitrogens with zero attached hydrogens (tertiary/aromatic N) is 2. The first-order valence-electron chi connectivity index (χ1n) is 4.30. The molecule has 1 heterocycles. The van der Waals surface area contributed by atoms with Crippen LogP contribution in [0.3, 0.4) is 0 Å². The van der Waals surface area contributed by atoms with Gasteiger partial charge in [0.15, 0.2) is 10.9 Å². The number of H-pyrrole nitrogens is 1. The van der Waals surface area contributed by atoms with E-state index in [1.807, 2.05) is 0 Å². The molecule has 1 aromatic heterocycles. The molecule has 1 rings (SSSR count). The van der Waals surface area contributed by atoms with Crippen molar-refractivity contribution in [2.75, 3.05) is 0 Å². The summed E-state index contributed by atoms with van der Waals surface area (Å²) in [7, 11) is -3.77. The van der Waals surface area contributed by atoms with E-state index < -0.39 is 15.6 Å². The molecule has 0 saturated heterocycles. The number of aromatic nitrogens is 2. The first-order chi connectivity index (χ1) is 7.29. The van der Waals surface area contributed by atoms with Gasteiger partial charge in [0.2, 0.25) is 0 Å². The van der Waals surface area contributed by atoms with Gasteiger partial charge in [0, 0.05) is 0 Å². The van der Waals surface area contributed by atoms with E-state index in [4.69, 9.17) is 10.9 Å². The predicted octanol–water partition coefficient (Wildman–Crippen LogP) is -0.787. The molecular weight excluding hydrogens is 234 g/mol. The van der Waals surface area contributed by atoms with Gasteiger partial charge in [-0.15, -0.1) is 0 Å². The minimum absolute atomic E-state index is 0.0914. The van der Waals surface area contributed by atoms with Crippen LogP contribution in [0, 0.1) is 0 Å². The van der Waals surface area contributed by atoms with E-state index in [-0.39, 0.29) is 10.9 Å². The van der Waals surface area contributed by atoms with Crippen LogP contribution in [0.5, 0.6) is 0 Å². The molecule has 0 aliphatic rings. The zero-order valence-corrected chi connectivity index (χ0v) is 9.61. The van der Waals surface area contributed by atoms with Crippen LogP contribution in [0.15, 0.2) is 22.7 Å². The highest BCUT2D eigenvalue weighted by atomic mass is 32.2. The maximum absolute atomic E-state index is 11.8. The van der Waals surface area contributed by atoms with E-state index in [2.05, 4.69) is 19.8 Å². The van der Waals surface area contributed by atoms with Crippen LogP contribution in [0.1, 0.15) is 13.8 Å². The molecule has 5 N–H and O–H groups in total. The van der Waals surface area contributed by atoms with Gasteiger partial charge < -0.3 is 15.9 Å². The summed E-state index contributed by atoms with van der Waals surface area (Å²) >= 11 is 0. The molecule has 0 amide bonds. The highest BCUT2D eigenvalue weighted by molar-refractivity contribution is 7.89. The number of nitrogens with one attached hydrogen (secondary N) is 2. The molecular formula is C7H13N5O3S. The molecule has 0 bridgehead atoms. The fourth-order valence-corrected chi connectivity index (χ4v) is 2.25. The van der Waals surface area contributed by atoms with Crippen molar-refractivity contribution in [2.45, 2.75) is 24.4 Å². The van der Waals surface area contributed by atoms with E-state index in [1.165, 1.54) is 20.2 Å². The number of sulfonamides is 1. The maximum Gasteiger partial charge on any atom is 0.258 e. The zero-order valence-electron chi connectivity index (χ0n) is 8.80. The van der Waals surface area contributed by atoms with Gasteiger partial charge in [-0.05, 0) is 13.8 Å². The van der Waals surface area contributed by atoms with Gasteiger partial charge in [-0.1, -0.05) is 5.16 Å². The Morgan fingerprint density at radius 3 is 2.75 bits per heavy atom. The van der Waals surface area contributed by atoms with Crippen molar-refractivity contribution < 1.29 is 13.6 Å². The third-order valence-electron chi connectivity index (χ3n) is 1.90. The van der Waals surface area contributed by atoms with Gasteiger partial charge in [0.1, 0.15) is 0 Å². The van der Waals surface area contributed by atoms with E-state index in [1.54, 1.807) is 0 Å². The Kier molecular flexibility index (Phi) is 3.19.